The summed E-state index contributed by atoms with van der Waals surface area (Å²) in [6.07, 6.45) is 2.59. The first-order valence-corrected chi connectivity index (χ1v) is 6.74. The molecule has 1 aliphatic rings. The molecule has 1 amide bonds. The van der Waals surface area contributed by atoms with Gasteiger partial charge >= 0.3 is 11.7 Å². The first kappa shape index (κ1) is 15.0. The van der Waals surface area contributed by atoms with Gasteiger partial charge in [-0.3, -0.25) is 19.4 Å². The van der Waals surface area contributed by atoms with Crippen molar-refractivity contribution in [1.82, 2.24) is 15.3 Å². The molecule has 114 valence electrons. The van der Waals surface area contributed by atoms with Crippen LogP contribution in [0.3, 0.4) is 0 Å². The van der Waals surface area contributed by atoms with E-state index < -0.39 is 28.5 Å². The zero-order chi connectivity index (χ0) is 15.5. The first-order valence-electron chi connectivity index (χ1n) is 6.74. The minimum Gasteiger partial charge on any atom is -0.481 e. The van der Waals surface area contributed by atoms with E-state index in [1.807, 2.05) is 4.98 Å². The molecule has 8 heteroatoms. The van der Waals surface area contributed by atoms with Gasteiger partial charge in [0.2, 0.25) is 5.91 Å². The van der Waals surface area contributed by atoms with Gasteiger partial charge in [-0.1, -0.05) is 12.8 Å². The summed E-state index contributed by atoms with van der Waals surface area (Å²) in [4.78, 5) is 49.7. The fourth-order valence-corrected chi connectivity index (χ4v) is 2.64. The van der Waals surface area contributed by atoms with Crippen LogP contribution in [0, 0.1) is 5.41 Å². The van der Waals surface area contributed by atoms with Crippen molar-refractivity contribution in [2.45, 2.75) is 32.1 Å². The summed E-state index contributed by atoms with van der Waals surface area (Å²) in [5.41, 5.74) is -1.96. The van der Waals surface area contributed by atoms with Crippen LogP contribution < -0.4 is 16.6 Å². The van der Waals surface area contributed by atoms with Gasteiger partial charge in [-0.15, -0.1) is 0 Å². The van der Waals surface area contributed by atoms with Gasteiger partial charge in [-0.25, -0.2) is 4.79 Å². The van der Waals surface area contributed by atoms with E-state index in [0.29, 0.717) is 12.8 Å². The molecule has 0 radical (unpaired) electrons. The molecule has 0 unspecified atom stereocenters. The summed E-state index contributed by atoms with van der Waals surface area (Å²) < 4.78 is 0. The summed E-state index contributed by atoms with van der Waals surface area (Å²) in [5, 5.41) is 11.9. The van der Waals surface area contributed by atoms with Crippen LogP contribution in [0.4, 0.5) is 0 Å². The van der Waals surface area contributed by atoms with Crippen LogP contribution in [0.5, 0.6) is 0 Å². The standard InChI is InChI=1S/C13H17N3O5/c17-9(5-8-6-10(18)16-12(21)15-8)14-7-13(11(19)20)3-1-2-4-13/h6H,1-5,7H2,(H,14,17)(H,19,20)(H2,15,16,18,21). The van der Waals surface area contributed by atoms with Crippen LogP contribution in [0.15, 0.2) is 15.7 Å². The normalized spacial score (nSPS) is 16.6. The van der Waals surface area contributed by atoms with Gasteiger partial charge in [0.1, 0.15) is 0 Å². The van der Waals surface area contributed by atoms with Crippen LogP contribution in [-0.2, 0) is 16.0 Å². The van der Waals surface area contributed by atoms with E-state index >= 15 is 0 Å². The molecule has 1 aliphatic carbocycles. The van der Waals surface area contributed by atoms with Crippen LogP contribution in [0.2, 0.25) is 0 Å². The Bertz CT molecular complexity index is 626. The lowest BCUT2D eigenvalue weighted by atomic mass is 9.86. The lowest BCUT2D eigenvalue weighted by Crippen LogP contribution is -2.42. The number of rotatable bonds is 5. The second kappa shape index (κ2) is 5.94. The average molecular weight is 295 g/mol. The summed E-state index contributed by atoms with van der Waals surface area (Å²) in [5.74, 6) is -1.33. The van der Waals surface area contributed by atoms with E-state index in [-0.39, 0.29) is 18.7 Å². The van der Waals surface area contributed by atoms with Crippen molar-refractivity contribution in [2.24, 2.45) is 5.41 Å². The molecule has 8 nitrogen and oxygen atoms in total. The number of aliphatic carboxylic acids is 1. The Hall–Kier alpha value is -2.38. The van der Waals surface area contributed by atoms with Crippen molar-refractivity contribution in [3.8, 4) is 0 Å². The molecule has 0 bridgehead atoms. The largest absolute Gasteiger partial charge is 0.481 e. The Kier molecular flexibility index (Phi) is 4.25. The zero-order valence-corrected chi connectivity index (χ0v) is 11.4. The second-order valence-electron chi connectivity index (χ2n) is 5.36. The molecule has 0 aromatic carbocycles. The van der Waals surface area contributed by atoms with E-state index in [0.717, 1.165) is 18.9 Å². The predicted molar refractivity (Wildman–Crippen MR) is 72.9 cm³/mol. The van der Waals surface area contributed by atoms with E-state index in [9.17, 15) is 24.3 Å². The van der Waals surface area contributed by atoms with Gasteiger partial charge in [0, 0.05) is 18.3 Å². The van der Waals surface area contributed by atoms with Crippen LogP contribution in [0.1, 0.15) is 31.4 Å². The highest BCUT2D eigenvalue weighted by Crippen LogP contribution is 2.37. The van der Waals surface area contributed by atoms with Crippen molar-refractivity contribution in [3.05, 3.63) is 32.6 Å². The number of aromatic nitrogens is 2. The number of H-pyrrole nitrogens is 2. The number of hydrogen-bond donors (Lipinski definition) is 4. The minimum atomic E-state index is -0.898. The van der Waals surface area contributed by atoms with Crippen molar-refractivity contribution in [1.29, 1.82) is 0 Å². The third kappa shape index (κ3) is 3.59. The summed E-state index contributed by atoms with van der Waals surface area (Å²) in [6, 6.07) is 1.13. The third-order valence-electron chi connectivity index (χ3n) is 3.81. The van der Waals surface area contributed by atoms with Crippen molar-refractivity contribution in [2.75, 3.05) is 6.54 Å². The maximum atomic E-state index is 11.8. The molecule has 1 saturated carbocycles. The molecule has 0 saturated heterocycles. The summed E-state index contributed by atoms with van der Waals surface area (Å²) >= 11 is 0. The number of hydrogen-bond acceptors (Lipinski definition) is 4. The highest BCUT2D eigenvalue weighted by Gasteiger charge is 2.41. The zero-order valence-electron chi connectivity index (χ0n) is 11.4. The van der Waals surface area contributed by atoms with Gasteiger partial charge in [0.15, 0.2) is 0 Å². The van der Waals surface area contributed by atoms with Crippen molar-refractivity contribution < 1.29 is 14.7 Å². The highest BCUT2D eigenvalue weighted by atomic mass is 16.4. The van der Waals surface area contributed by atoms with E-state index in [4.69, 9.17) is 0 Å². The maximum absolute atomic E-state index is 11.8. The second-order valence-corrected chi connectivity index (χ2v) is 5.36. The van der Waals surface area contributed by atoms with Crippen LogP contribution >= 0.6 is 0 Å². The molecule has 2 rings (SSSR count). The van der Waals surface area contributed by atoms with Crippen LogP contribution in [0.25, 0.3) is 0 Å². The van der Waals surface area contributed by atoms with E-state index in [1.54, 1.807) is 0 Å². The molecule has 0 spiro atoms. The number of aromatic amines is 2. The Balaban J connectivity index is 1.97. The number of carboxylic acids is 1. The Morgan fingerprint density at radius 3 is 2.48 bits per heavy atom. The number of carboxylic acid groups (broad SMARTS) is 1. The average Bonchev–Trinajstić information content (AvgIpc) is 2.85. The molecule has 0 aliphatic heterocycles. The van der Waals surface area contributed by atoms with Crippen molar-refractivity contribution >= 4 is 11.9 Å². The molecule has 1 aromatic rings. The predicted octanol–water partition coefficient (Wildman–Crippen LogP) is -0.633. The SMILES string of the molecule is O=C(Cc1cc(=O)[nH]c(=O)[nH]1)NCC1(C(=O)O)CCCC1. The summed E-state index contributed by atoms with van der Waals surface area (Å²) in [7, 11) is 0. The molecular weight excluding hydrogens is 278 g/mol. The van der Waals surface area contributed by atoms with Gasteiger partial charge in [-0.2, -0.15) is 0 Å². The molecule has 21 heavy (non-hydrogen) atoms. The van der Waals surface area contributed by atoms with Gasteiger partial charge in [0.25, 0.3) is 5.56 Å². The van der Waals surface area contributed by atoms with Gasteiger partial charge in [0.05, 0.1) is 11.8 Å². The Morgan fingerprint density at radius 1 is 1.24 bits per heavy atom. The number of carbonyl (C=O) groups is 2. The van der Waals surface area contributed by atoms with Gasteiger partial charge < -0.3 is 15.4 Å². The Labute approximate surface area is 119 Å². The molecular formula is C13H17N3O5. The maximum Gasteiger partial charge on any atom is 0.325 e. The monoisotopic (exact) mass is 295 g/mol. The molecule has 1 heterocycles. The van der Waals surface area contributed by atoms with E-state index in [2.05, 4.69) is 10.3 Å². The highest BCUT2D eigenvalue weighted by molar-refractivity contribution is 5.80. The smallest absolute Gasteiger partial charge is 0.325 e. The molecule has 4 N–H and O–H groups in total. The molecule has 0 atom stereocenters. The van der Waals surface area contributed by atoms with Gasteiger partial charge in [-0.05, 0) is 12.8 Å². The summed E-state index contributed by atoms with van der Waals surface area (Å²) in [6.45, 7) is 0.0641. The van der Waals surface area contributed by atoms with Crippen molar-refractivity contribution in [3.63, 3.8) is 0 Å². The fourth-order valence-electron chi connectivity index (χ4n) is 2.64. The first-order chi connectivity index (χ1) is 9.91. The Morgan fingerprint density at radius 2 is 1.90 bits per heavy atom. The lowest BCUT2D eigenvalue weighted by Gasteiger charge is -2.23. The van der Waals surface area contributed by atoms with Crippen LogP contribution in [-0.4, -0.2) is 33.5 Å². The topological polar surface area (TPSA) is 132 Å². The number of carbonyl (C=O) groups excluding carboxylic acids is 1. The quantitative estimate of drug-likeness (QED) is 0.574. The number of amides is 1. The fraction of sp³-hybridized carbons (Fsp3) is 0.538. The molecule has 1 aromatic heterocycles. The lowest BCUT2D eigenvalue weighted by molar-refractivity contribution is -0.148. The number of nitrogens with one attached hydrogen (secondary N) is 3. The minimum absolute atomic E-state index is 0.0641. The third-order valence-corrected chi connectivity index (χ3v) is 3.81. The van der Waals surface area contributed by atoms with E-state index in [1.165, 1.54) is 0 Å². The molecule has 1 fully saturated rings.